The van der Waals surface area contributed by atoms with E-state index in [1.165, 1.54) is 0 Å². The first-order valence-corrected chi connectivity index (χ1v) is 9.17. The summed E-state index contributed by atoms with van der Waals surface area (Å²) in [6.45, 7) is -1.50. The van der Waals surface area contributed by atoms with Crippen LogP contribution in [-0.4, -0.2) is 94.1 Å². The summed E-state index contributed by atoms with van der Waals surface area (Å²) in [5.41, 5.74) is 0. The van der Waals surface area contributed by atoms with E-state index in [1.54, 1.807) is 0 Å². The molecule has 0 amide bonds. The van der Waals surface area contributed by atoms with Crippen molar-refractivity contribution in [1.82, 2.24) is 0 Å². The number of rotatable bonds is 16. The second kappa shape index (κ2) is 12.0. The molecule has 1 rings (SSSR count). The molecule has 1 heterocycles. The van der Waals surface area contributed by atoms with Gasteiger partial charge in [0.05, 0.1) is 33.0 Å². The lowest BCUT2D eigenvalue weighted by molar-refractivity contribution is -0.447. The number of hydrogen-bond acceptors (Lipinski definition) is 6. The molecule has 1 N–H and O–H groups in total. The standard InChI is InChI=1S/C16H22F10O6/c17-13(18,19)12(32-16(25,26)14(20,21)15(22,23)24)9-30-6-10(27)5-28-3-1-2-4-29-7-11-8-31-11/h10-12,27H,1-9H2. The summed E-state index contributed by atoms with van der Waals surface area (Å²) in [6.07, 6.45) is -23.2. The Morgan fingerprint density at radius 3 is 1.84 bits per heavy atom. The predicted octanol–water partition coefficient (Wildman–Crippen LogP) is 3.31. The Hall–Kier alpha value is -0.940. The van der Waals surface area contributed by atoms with Crippen LogP contribution < -0.4 is 0 Å². The average Bonchev–Trinajstić information content (AvgIpc) is 3.45. The highest BCUT2D eigenvalue weighted by Gasteiger charge is 2.75. The highest BCUT2D eigenvalue weighted by Crippen LogP contribution is 2.48. The normalized spacial score (nSPS) is 19.8. The molecule has 0 saturated carbocycles. The van der Waals surface area contributed by atoms with Crippen LogP contribution in [0.15, 0.2) is 0 Å². The highest BCUT2D eigenvalue weighted by atomic mass is 19.4. The fraction of sp³-hybridized carbons (Fsp3) is 1.00. The van der Waals surface area contributed by atoms with Gasteiger partial charge in [0.1, 0.15) is 12.2 Å². The van der Waals surface area contributed by atoms with E-state index in [0.717, 1.165) is 0 Å². The maximum absolute atomic E-state index is 13.1. The van der Waals surface area contributed by atoms with Gasteiger partial charge in [0.2, 0.25) is 0 Å². The van der Waals surface area contributed by atoms with E-state index in [0.29, 0.717) is 32.7 Å². The van der Waals surface area contributed by atoms with E-state index in [9.17, 15) is 49.0 Å². The van der Waals surface area contributed by atoms with E-state index >= 15 is 0 Å². The van der Waals surface area contributed by atoms with Crippen molar-refractivity contribution in [3.8, 4) is 0 Å². The Balaban J connectivity index is 2.32. The maximum Gasteiger partial charge on any atom is 0.462 e. The lowest BCUT2D eigenvalue weighted by Gasteiger charge is -2.31. The van der Waals surface area contributed by atoms with E-state index in [-0.39, 0.29) is 12.7 Å². The molecular weight excluding hydrogens is 478 g/mol. The number of ether oxygens (including phenoxy) is 5. The molecule has 3 atom stereocenters. The zero-order valence-electron chi connectivity index (χ0n) is 16.4. The minimum absolute atomic E-state index is 0.121. The lowest BCUT2D eigenvalue weighted by atomic mass is 10.3. The fourth-order valence-corrected chi connectivity index (χ4v) is 1.98. The molecule has 16 heteroatoms. The molecule has 6 nitrogen and oxygen atoms in total. The van der Waals surface area contributed by atoms with Crippen molar-refractivity contribution < 1.29 is 72.7 Å². The van der Waals surface area contributed by atoms with Gasteiger partial charge in [-0.05, 0) is 12.8 Å². The first-order chi connectivity index (χ1) is 14.6. The lowest BCUT2D eigenvalue weighted by Crippen LogP contribution is -2.56. The highest BCUT2D eigenvalue weighted by molar-refractivity contribution is 4.86. The van der Waals surface area contributed by atoms with Crippen LogP contribution in [0.5, 0.6) is 0 Å². The number of aliphatic hydroxyl groups excluding tert-OH is 1. The van der Waals surface area contributed by atoms with Gasteiger partial charge in [-0.25, -0.2) is 0 Å². The van der Waals surface area contributed by atoms with Crippen molar-refractivity contribution in [2.75, 3.05) is 46.2 Å². The van der Waals surface area contributed by atoms with Crippen molar-refractivity contribution in [1.29, 1.82) is 0 Å². The van der Waals surface area contributed by atoms with Gasteiger partial charge in [-0.15, -0.1) is 0 Å². The third kappa shape index (κ3) is 9.91. The number of epoxide rings is 1. The van der Waals surface area contributed by atoms with Crippen LogP contribution in [0.4, 0.5) is 43.9 Å². The Morgan fingerprint density at radius 1 is 0.812 bits per heavy atom. The Kier molecular flexibility index (Phi) is 10.9. The van der Waals surface area contributed by atoms with E-state index in [2.05, 4.69) is 9.47 Å². The van der Waals surface area contributed by atoms with Crippen LogP contribution in [0, 0.1) is 0 Å². The third-order valence-corrected chi connectivity index (χ3v) is 3.80. The average molecular weight is 500 g/mol. The second-order valence-electron chi connectivity index (χ2n) is 6.74. The van der Waals surface area contributed by atoms with E-state index in [4.69, 9.17) is 14.2 Å². The first kappa shape index (κ1) is 29.1. The van der Waals surface area contributed by atoms with Gasteiger partial charge in [0.15, 0.2) is 6.10 Å². The molecule has 0 radical (unpaired) electrons. The number of alkyl halides is 10. The van der Waals surface area contributed by atoms with Gasteiger partial charge in [-0.1, -0.05) is 0 Å². The second-order valence-corrected chi connectivity index (χ2v) is 6.74. The van der Waals surface area contributed by atoms with Crippen molar-refractivity contribution in [3.05, 3.63) is 0 Å². The minimum Gasteiger partial charge on any atom is -0.388 e. The molecule has 3 unspecified atom stereocenters. The Labute approximate surface area is 175 Å². The number of hydrogen-bond donors (Lipinski definition) is 1. The summed E-state index contributed by atoms with van der Waals surface area (Å²) in [6, 6.07) is 0. The number of halogens is 10. The molecule has 0 aromatic carbocycles. The molecule has 1 aliphatic rings. The molecule has 32 heavy (non-hydrogen) atoms. The molecule has 0 aromatic heterocycles. The zero-order chi connectivity index (χ0) is 24.6. The first-order valence-electron chi connectivity index (χ1n) is 9.17. The van der Waals surface area contributed by atoms with Crippen LogP contribution in [-0.2, 0) is 23.7 Å². The molecule has 1 aliphatic heterocycles. The van der Waals surface area contributed by atoms with Gasteiger partial charge < -0.3 is 24.1 Å². The van der Waals surface area contributed by atoms with Crippen molar-refractivity contribution in [3.63, 3.8) is 0 Å². The quantitative estimate of drug-likeness (QED) is 0.199. The van der Waals surface area contributed by atoms with Crippen LogP contribution >= 0.6 is 0 Å². The Bertz CT molecular complexity index is 538. The summed E-state index contributed by atoms with van der Waals surface area (Å²) in [5, 5.41) is 9.51. The van der Waals surface area contributed by atoms with Crippen molar-refractivity contribution in [2.45, 2.75) is 55.5 Å². The summed E-state index contributed by atoms with van der Waals surface area (Å²) in [4.78, 5) is 0. The van der Waals surface area contributed by atoms with Crippen molar-refractivity contribution >= 4 is 0 Å². The molecule has 0 aromatic rings. The monoisotopic (exact) mass is 500 g/mol. The van der Waals surface area contributed by atoms with Crippen LogP contribution in [0.2, 0.25) is 0 Å². The van der Waals surface area contributed by atoms with Crippen molar-refractivity contribution in [2.24, 2.45) is 0 Å². The molecular formula is C16H22F10O6. The SMILES string of the molecule is OC(COCCCCOCC1CO1)COCC(OC(F)(F)C(F)(F)C(F)(F)F)C(F)(F)F. The maximum atomic E-state index is 13.1. The third-order valence-electron chi connectivity index (χ3n) is 3.80. The van der Waals surface area contributed by atoms with Gasteiger partial charge in [0.25, 0.3) is 0 Å². The summed E-state index contributed by atoms with van der Waals surface area (Å²) >= 11 is 0. The summed E-state index contributed by atoms with van der Waals surface area (Å²) < 4.78 is 148. The van der Waals surface area contributed by atoms with Crippen LogP contribution in [0.25, 0.3) is 0 Å². The fourth-order valence-electron chi connectivity index (χ4n) is 1.98. The topological polar surface area (TPSA) is 69.7 Å². The van der Waals surface area contributed by atoms with E-state index in [1.807, 2.05) is 0 Å². The molecule has 0 spiro atoms. The smallest absolute Gasteiger partial charge is 0.388 e. The Morgan fingerprint density at radius 2 is 1.34 bits per heavy atom. The van der Waals surface area contributed by atoms with E-state index < -0.39 is 56.4 Å². The molecule has 0 aliphatic carbocycles. The van der Waals surface area contributed by atoms with Gasteiger partial charge in [0, 0.05) is 13.2 Å². The molecule has 192 valence electrons. The van der Waals surface area contributed by atoms with Gasteiger partial charge >= 0.3 is 24.4 Å². The largest absolute Gasteiger partial charge is 0.462 e. The minimum atomic E-state index is -6.88. The molecule has 0 bridgehead atoms. The number of aliphatic hydroxyl groups is 1. The predicted molar refractivity (Wildman–Crippen MR) is 84.3 cm³/mol. The molecule has 1 fully saturated rings. The van der Waals surface area contributed by atoms with Gasteiger partial charge in [-0.2, -0.15) is 43.9 Å². The van der Waals surface area contributed by atoms with Crippen LogP contribution in [0.1, 0.15) is 12.8 Å². The summed E-state index contributed by atoms with van der Waals surface area (Å²) in [5.74, 6) is -6.88. The summed E-state index contributed by atoms with van der Waals surface area (Å²) in [7, 11) is 0. The van der Waals surface area contributed by atoms with Gasteiger partial charge in [-0.3, -0.25) is 4.74 Å². The zero-order valence-corrected chi connectivity index (χ0v) is 16.4. The van der Waals surface area contributed by atoms with Crippen LogP contribution in [0.3, 0.4) is 0 Å². The number of unbranched alkanes of at least 4 members (excludes halogenated alkanes) is 1. The molecule has 1 saturated heterocycles.